The Morgan fingerprint density at radius 2 is 1.90 bits per heavy atom. The van der Waals surface area contributed by atoms with Crippen LogP contribution in [-0.4, -0.2) is 45.4 Å². The number of esters is 1. The molecule has 2 rings (SSSR count). The number of aryl methyl sites for hydroxylation is 1. The predicted molar refractivity (Wildman–Crippen MR) is 114 cm³/mol. The van der Waals surface area contributed by atoms with Gasteiger partial charge in [-0.3, -0.25) is 19.7 Å². The number of hydrogen-bond acceptors (Lipinski definition) is 8. The number of nitrogens with one attached hydrogen (secondary N) is 3. The number of amides is 1. The topological polar surface area (TPSA) is 157 Å². The van der Waals surface area contributed by atoms with Gasteiger partial charge in [0.1, 0.15) is 12.2 Å². The van der Waals surface area contributed by atoms with Gasteiger partial charge in [-0.1, -0.05) is 17.7 Å². The fraction of sp³-hybridized carbons (Fsp3) is 0.222. The highest BCUT2D eigenvalue weighted by Crippen LogP contribution is 2.27. The first-order valence-corrected chi connectivity index (χ1v) is 10.6. The van der Waals surface area contributed by atoms with Crippen LogP contribution in [0.25, 0.3) is 0 Å². The van der Waals surface area contributed by atoms with Crippen molar-refractivity contribution in [3.63, 3.8) is 0 Å². The van der Waals surface area contributed by atoms with E-state index in [0.29, 0.717) is 10.7 Å². The maximum atomic E-state index is 12.3. The molecule has 0 aliphatic carbocycles. The van der Waals surface area contributed by atoms with Crippen molar-refractivity contribution in [2.45, 2.75) is 11.8 Å². The Labute approximate surface area is 182 Å². The first-order chi connectivity index (χ1) is 14.5. The molecule has 0 saturated carbocycles. The first-order valence-electron chi connectivity index (χ1n) is 8.71. The lowest BCUT2D eigenvalue weighted by Crippen LogP contribution is -2.32. The smallest absolute Gasteiger partial charge is 0.321 e. The number of benzene rings is 2. The summed E-state index contributed by atoms with van der Waals surface area (Å²) in [6.45, 7) is 0.381. The van der Waals surface area contributed by atoms with Gasteiger partial charge in [-0.25, -0.2) is 8.42 Å². The monoisotopic (exact) mass is 470 g/mol. The number of hydrogen-bond donors (Lipinski definition) is 3. The van der Waals surface area contributed by atoms with E-state index >= 15 is 0 Å². The molecule has 1 amide bonds. The molecule has 0 radical (unpaired) electrons. The van der Waals surface area contributed by atoms with Crippen molar-refractivity contribution in [2.75, 3.05) is 30.8 Å². The van der Waals surface area contributed by atoms with Crippen LogP contribution in [0.3, 0.4) is 0 Å². The number of ether oxygens (including phenoxy) is 1. The fourth-order valence-corrected chi connectivity index (χ4v) is 3.51. The van der Waals surface area contributed by atoms with Crippen LogP contribution in [0.2, 0.25) is 5.02 Å². The Hall–Kier alpha value is -3.22. The number of nitro benzene ring substituents is 1. The number of sulfonamides is 1. The summed E-state index contributed by atoms with van der Waals surface area (Å²) in [5, 5.41) is 16.6. The molecule has 11 nitrogen and oxygen atoms in total. The highest BCUT2D eigenvalue weighted by atomic mass is 35.5. The zero-order valence-electron chi connectivity index (χ0n) is 16.5. The van der Waals surface area contributed by atoms with Crippen LogP contribution in [0.1, 0.15) is 5.56 Å². The molecular formula is C18H19ClN4O7S. The van der Waals surface area contributed by atoms with E-state index in [-0.39, 0.29) is 5.69 Å². The number of halogens is 1. The predicted octanol–water partition coefficient (Wildman–Crippen LogP) is 2.06. The molecule has 0 unspecified atom stereocenters. The summed E-state index contributed by atoms with van der Waals surface area (Å²) in [7, 11) is -2.78. The summed E-state index contributed by atoms with van der Waals surface area (Å²) in [5.41, 5.74) is 0.915. The second kappa shape index (κ2) is 10.2. The Morgan fingerprint density at radius 1 is 1.19 bits per heavy atom. The molecule has 0 saturated heterocycles. The molecule has 0 aliphatic heterocycles. The van der Waals surface area contributed by atoms with Crippen LogP contribution in [0.5, 0.6) is 0 Å². The van der Waals surface area contributed by atoms with Gasteiger partial charge in [0.25, 0.3) is 11.6 Å². The molecule has 3 N–H and O–H groups in total. The van der Waals surface area contributed by atoms with E-state index in [0.717, 1.165) is 17.7 Å². The van der Waals surface area contributed by atoms with Crippen molar-refractivity contribution in [1.29, 1.82) is 0 Å². The second-order valence-corrected chi connectivity index (χ2v) is 8.36. The number of anilines is 2. The van der Waals surface area contributed by atoms with Gasteiger partial charge < -0.3 is 15.4 Å². The SMILES string of the molecule is CNc1ccc(S(=O)(=O)NCC(=O)OCC(=O)Nc2ccc(C)c(Cl)c2)cc1[N+](=O)[O-]. The third-order valence-corrected chi connectivity index (χ3v) is 5.78. The summed E-state index contributed by atoms with van der Waals surface area (Å²) in [6.07, 6.45) is 0. The second-order valence-electron chi connectivity index (χ2n) is 6.18. The molecule has 166 valence electrons. The van der Waals surface area contributed by atoms with Crippen LogP contribution < -0.4 is 15.4 Å². The van der Waals surface area contributed by atoms with Gasteiger partial charge >= 0.3 is 5.97 Å². The molecule has 13 heteroatoms. The quantitative estimate of drug-likeness (QED) is 0.285. The Kier molecular flexibility index (Phi) is 7.91. The van der Waals surface area contributed by atoms with E-state index < -0.39 is 50.6 Å². The maximum absolute atomic E-state index is 12.3. The van der Waals surface area contributed by atoms with Crippen molar-refractivity contribution in [3.05, 3.63) is 57.1 Å². The standard InChI is InChI=1S/C18H19ClN4O7S/c1-11-3-4-12(7-14(11)19)22-17(24)10-30-18(25)9-21-31(28,29)13-5-6-15(20-2)16(8-13)23(26)27/h3-8,20-21H,9-10H2,1-2H3,(H,22,24). The van der Waals surface area contributed by atoms with Crippen molar-refractivity contribution in [2.24, 2.45) is 0 Å². The molecule has 0 fully saturated rings. The third kappa shape index (κ3) is 6.64. The normalized spacial score (nSPS) is 10.9. The number of nitrogens with zero attached hydrogens (tertiary/aromatic N) is 1. The Bertz CT molecular complexity index is 1120. The van der Waals surface area contributed by atoms with Crippen molar-refractivity contribution < 1.29 is 27.7 Å². The number of carbonyl (C=O) groups is 2. The van der Waals surface area contributed by atoms with Gasteiger partial charge in [-0.15, -0.1) is 0 Å². The lowest BCUT2D eigenvalue weighted by atomic mass is 10.2. The molecular weight excluding hydrogens is 452 g/mol. The first kappa shape index (κ1) is 24.1. The van der Waals surface area contributed by atoms with E-state index in [9.17, 15) is 28.1 Å². The molecule has 31 heavy (non-hydrogen) atoms. The van der Waals surface area contributed by atoms with Gasteiger partial charge in [0, 0.05) is 23.8 Å². The van der Waals surface area contributed by atoms with Crippen LogP contribution in [0, 0.1) is 17.0 Å². The van der Waals surface area contributed by atoms with Gasteiger partial charge in [0.2, 0.25) is 10.0 Å². The largest absolute Gasteiger partial charge is 0.455 e. The zero-order chi connectivity index (χ0) is 23.2. The van der Waals surface area contributed by atoms with Gasteiger partial charge in [0.15, 0.2) is 6.61 Å². The van der Waals surface area contributed by atoms with Crippen LogP contribution in [-0.2, 0) is 24.3 Å². The molecule has 0 bridgehead atoms. The lowest BCUT2D eigenvalue weighted by Gasteiger charge is -2.09. The Balaban J connectivity index is 1.91. The maximum Gasteiger partial charge on any atom is 0.321 e. The Morgan fingerprint density at radius 3 is 2.52 bits per heavy atom. The molecule has 2 aromatic rings. The van der Waals surface area contributed by atoms with Crippen molar-refractivity contribution in [1.82, 2.24) is 4.72 Å². The number of rotatable bonds is 9. The summed E-state index contributed by atoms with van der Waals surface area (Å²) in [6, 6.07) is 8.09. The molecule has 2 aromatic carbocycles. The van der Waals surface area contributed by atoms with E-state index in [4.69, 9.17) is 16.3 Å². The number of nitro groups is 1. The highest BCUT2D eigenvalue weighted by Gasteiger charge is 2.22. The summed E-state index contributed by atoms with van der Waals surface area (Å²) in [5.74, 6) is -1.66. The minimum atomic E-state index is -4.23. The van der Waals surface area contributed by atoms with Gasteiger partial charge in [-0.05, 0) is 36.8 Å². The zero-order valence-corrected chi connectivity index (χ0v) is 18.0. The third-order valence-electron chi connectivity index (χ3n) is 3.97. The average molecular weight is 471 g/mol. The van der Waals surface area contributed by atoms with E-state index in [1.165, 1.54) is 19.2 Å². The molecule has 0 atom stereocenters. The lowest BCUT2D eigenvalue weighted by molar-refractivity contribution is -0.384. The fourth-order valence-electron chi connectivity index (χ4n) is 2.34. The van der Waals surface area contributed by atoms with E-state index in [2.05, 4.69) is 10.6 Å². The highest BCUT2D eigenvalue weighted by molar-refractivity contribution is 7.89. The minimum absolute atomic E-state index is 0.129. The molecule has 0 heterocycles. The van der Waals surface area contributed by atoms with Crippen LogP contribution in [0.15, 0.2) is 41.3 Å². The van der Waals surface area contributed by atoms with Crippen LogP contribution >= 0.6 is 11.6 Å². The van der Waals surface area contributed by atoms with Crippen LogP contribution in [0.4, 0.5) is 17.1 Å². The summed E-state index contributed by atoms with van der Waals surface area (Å²) >= 11 is 5.96. The van der Waals surface area contributed by atoms with E-state index in [1.807, 2.05) is 4.72 Å². The molecule has 0 aromatic heterocycles. The summed E-state index contributed by atoms with van der Waals surface area (Å²) < 4.78 is 31.3. The summed E-state index contributed by atoms with van der Waals surface area (Å²) in [4.78, 5) is 33.6. The molecule has 0 spiro atoms. The van der Waals surface area contributed by atoms with E-state index in [1.54, 1.807) is 19.1 Å². The van der Waals surface area contributed by atoms with Gasteiger partial charge in [-0.2, -0.15) is 4.72 Å². The average Bonchev–Trinajstić information content (AvgIpc) is 2.72. The molecule has 0 aliphatic rings. The van der Waals surface area contributed by atoms with Gasteiger partial charge in [0.05, 0.1) is 9.82 Å². The van der Waals surface area contributed by atoms with Crippen molar-refractivity contribution in [3.8, 4) is 0 Å². The minimum Gasteiger partial charge on any atom is -0.455 e. The number of carbonyl (C=O) groups excluding carboxylic acids is 2. The van der Waals surface area contributed by atoms with Crippen molar-refractivity contribution >= 4 is 50.6 Å².